The van der Waals surface area contributed by atoms with Crippen LogP contribution in [0.2, 0.25) is 0 Å². The SMILES string of the molecule is C(=C(c1ccccc1)c1ccccc1)P(C1CCCC1)C1CCCC1. The third-order valence-electron chi connectivity index (χ3n) is 5.94. The average Bonchev–Trinajstić information content (AvgIpc) is 3.38. The van der Waals surface area contributed by atoms with Gasteiger partial charge in [0.2, 0.25) is 0 Å². The molecule has 2 aromatic carbocycles. The number of hydrogen-bond donors (Lipinski definition) is 0. The first-order valence-electron chi connectivity index (χ1n) is 10.0. The quantitative estimate of drug-likeness (QED) is 0.492. The molecule has 0 N–H and O–H groups in total. The number of benzene rings is 2. The van der Waals surface area contributed by atoms with Crippen LogP contribution in [0.15, 0.2) is 66.5 Å². The van der Waals surface area contributed by atoms with Crippen molar-refractivity contribution in [2.75, 3.05) is 0 Å². The molecule has 0 nitrogen and oxygen atoms in total. The van der Waals surface area contributed by atoms with Crippen LogP contribution in [-0.2, 0) is 0 Å². The van der Waals surface area contributed by atoms with Crippen molar-refractivity contribution >= 4 is 13.5 Å². The van der Waals surface area contributed by atoms with Crippen LogP contribution in [0.3, 0.4) is 0 Å². The van der Waals surface area contributed by atoms with Crippen molar-refractivity contribution < 1.29 is 0 Å². The first-order chi connectivity index (χ1) is 12.4. The van der Waals surface area contributed by atoms with Crippen LogP contribution in [-0.4, -0.2) is 11.3 Å². The summed E-state index contributed by atoms with van der Waals surface area (Å²) in [5.41, 5.74) is 6.20. The van der Waals surface area contributed by atoms with Crippen LogP contribution in [0.25, 0.3) is 5.57 Å². The summed E-state index contributed by atoms with van der Waals surface area (Å²) in [7, 11) is -0.0116. The molecule has 0 unspecified atom stereocenters. The molecule has 0 aromatic heterocycles. The molecule has 0 aliphatic heterocycles. The highest BCUT2D eigenvalue weighted by Crippen LogP contribution is 2.59. The van der Waals surface area contributed by atoms with Gasteiger partial charge >= 0.3 is 0 Å². The summed E-state index contributed by atoms with van der Waals surface area (Å²) in [6, 6.07) is 22.1. The highest BCUT2D eigenvalue weighted by molar-refractivity contribution is 7.62. The van der Waals surface area contributed by atoms with Gasteiger partial charge < -0.3 is 0 Å². The van der Waals surface area contributed by atoms with E-state index in [1.54, 1.807) is 0 Å². The summed E-state index contributed by atoms with van der Waals surface area (Å²) < 4.78 is 0. The molecule has 130 valence electrons. The molecule has 2 aromatic rings. The molecule has 1 heteroatoms. The molecule has 0 radical (unpaired) electrons. The van der Waals surface area contributed by atoms with Crippen molar-refractivity contribution in [1.29, 1.82) is 0 Å². The van der Waals surface area contributed by atoms with E-state index in [0.29, 0.717) is 0 Å². The lowest BCUT2D eigenvalue weighted by Crippen LogP contribution is -2.09. The smallest absolute Gasteiger partial charge is 0.0106 e. The Kier molecular flexibility index (Phi) is 5.68. The summed E-state index contributed by atoms with van der Waals surface area (Å²) in [6.07, 6.45) is 11.7. The highest BCUT2D eigenvalue weighted by Gasteiger charge is 2.31. The fourth-order valence-electron chi connectivity index (χ4n) is 4.61. The van der Waals surface area contributed by atoms with Gasteiger partial charge in [0, 0.05) is 0 Å². The monoisotopic (exact) mass is 348 g/mol. The second kappa shape index (κ2) is 8.33. The Balaban J connectivity index is 1.75. The standard InChI is InChI=1S/C24H29P/c1-3-11-20(12-4-1)24(21-13-5-2-6-14-21)19-25(22-15-7-8-16-22)23-17-9-10-18-23/h1-6,11-14,19,22-23H,7-10,15-18H2. The van der Waals surface area contributed by atoms with Gasteiger partial charge in [0.15, 0.2) is 0 Å². The normalized spacial score (nSPS) is 18.8. The van der Waals surface area contributed by atoms with E-state index in [1.807, 2.05) is 0 Å². The minimum atomic E-state index is -0.0116. The zero-order chi connectivity index (χ0) is 16.9. The van der Waals surface area contributed by atoms with Crippen molar-refractivity contribution in [3.8, 4) is 0 Å². The van der Waals surface area contributed by atoms with E-state index in [-0.39, 0.29) is 7.92 Å². The van der Waals surface area contributed by atoms with Gasteiger partial charge in [0.1, 0.15) is 0 Å². The molecular formula is C24H29P. The zero-order valence-corrected chi connectivity index (χ0v) is 16.0. The first-order valence-corrected chi connectivity index (χ1v) is 11.6. The van der Waals surface area contributed by atoms with E-state index in [2.05, 4.69) is 66.5 Å². The van der Waals surface area contributed by atoms with Gasteiger partial charge in [-0.3, -0.25) is 0 Å². The molecule has 2 aliphatic carbocycles. The number of hydrogen-bond acceptors (Lipinski definition) is 0. The van der Waals surface area contributed by atoms with Crippen LogP contribution in [0.5, 0.6) is 0 Å². The van der Waals surface area contributed by atoms with Gasteiger partial charge in [-0.2, -0.15) is 0 Å². The van der Waals surface area contributed by atoms with Crippen molar-refractivity contribution in [3.63, 3.8) is 0 Å². The van der Waals surface area contributed by atoms with Gasteiger partial charge in [-0.1, -0.05) is 100 Å². The minimum absolute atomic E-state index is 0.0116. The maximum absolute atomic E-state index is 2.74. The van der Waals surface area contributed by atoms with Crippen LogP contribution >= 0.6 is 7.92 Å². The molecule has 0 spiro atoms. The van der Waals surface area contributed by atoms with Crippen LogP contribution < -0.4 is 0 Å². The molecule has 2 saturated carbocycles. The lowest BCUT2D eigenvalue weighted by Gasteiger charge is -2.28. The predicted molar refractivity (Wildman–Crippen MR) is 111 cm³/mol. The Hall–Kier alpha value is -1.39. The zero-order valence-electron chi connectivity index (χ0n) is 15.1. The van der Waals surface area contributed by atoms with Gasteiger partial charge in [-0.05, 0) is 53.7 Å². The van der Waals surface area contributed by atoms with Gasteiger partial charge in [-0.15, -0.1) is 0 Å². The highest BCUT2D eigenvalue weighted by atomic mass is 31.1. The maximum atomic E-state index is 2.74. The Labute approximate surface area is 154 Å². The lowest BCUT2D eigenvalue weighted by molar-refractivity contribution is 0.835. The summed E-state index contributed by atoms with van der Waals surface area (Å²) in [6.45, 7) is 0. The van der Waals surface area contributed by atoms with E-state index in [0.717, 1.165) is 11.3 Å². The summed E-state index contributed by atoms with van der Waals surface area (Å²) in [4.78, 5) is 0. The van der Waals surface area contributed by atoms with Crippen molar-refractivity contribution in [3.05, 3.63) is 77.6 Å². The molecule has 0 saturated heterocycles. The number of rotatable bonds is 5. The Morgan fingerprint density at radius 1 is 0.640 bits per heavy atom. The van der Waals surface area contributed by atoms with Crippen molar-refractivity contribution in [2.24, 2.45) is 0 Å². The summed E-state index contributed by atoms with van der Waals surface area (Å²) >= 11 is 0. The van der Waals surface area contributed by atoms with Crippen LogP contribution in [0, 0.1) is 0 Å². The summed E-state index contributed by atoms with van der Waals surface area (Å²) in [5, 5.41) is 0. The topological polar surface area (TPSA) is 0 Å². The lowest BCUT2D eigenvalue weighted by atomic mass is 10.00. The first kappa shape index (κ1) is 17.0. The Bertz CT molecular complexity index is 619. The second-order valence-electron chi connectivity index (χ2n) is 7.60. The van der Waals surface area contributed by atoms with E-state index in [4.69, 9.17) is 0 Å². The molecule has 4 rings (SSSR count). The van der Waals surface area contributed by atoms with E-state index < -0.39 is 0 Å². The Morgan fingerprint density at radius 3 is 1.44 bits per heavy atom. The van der Waals surface area contributed by atoms with Gasteiger partial charge in [-0.25, -0.2) is 0 Å². The molecule has 0 heterocycles. The summed E-state index contributed by atoms with van der Waals surface area (Å²) in [5.74, 6) is 2.74. The fraction of sp³-hybridized carbons (Fsp3) is 0.417. The van der Waals surface area contributed by atoms with Crippen molar-refractivity contribution in [2.45, 2.75) is 62.7 Å². The third kappa shape index (κ3) is 4.06. The maximum Gasteiger partial charge on any atom is -0.0106 e. The third-order valence-corrected chi connectivity index (χ3v) is 9.22. The van der Waals surface area contributed by atoms with Crippen LogP contribution in [0.4, 0.5) is 0 Å². The Morgan fingerprint density at radius 2 is 1.04 bits per heavy atom. The van der Waals surface area contributed by atoms with E-state index in [9.17, 15) is 0 Å². The molecule has 0 atom stereocenters. The molecule has 2 aliphatic rings. The predicted octanol–water partition coefficient (Wildman–Crippen LogP) is 7.44. The minimum Gasteiger partial charge on any atom is -0.0762 e. The van der Waals surface area contributed by atoms with Crippen molar-refractivity contribution in [1.82, 2.24) is 0 Å². The second-order valence-corrected chi connectivity index (χ2v) is 10.2. The molecular weight excluding hydrogens is 319 g/mol. The van der Waals surface area contributed by atoms with E-state index >= 15 is 0 Å². The molecule has 25 heavy (non-hydrogen) atoms. The van der Waals surface area contributed by atoms with Gasteiger partial charge in [0.25, 0.3) is 0 Å². The average molecular weight is 348 g/mol. The molecule has 0 bridgehead atoms. The van der Waals surface area contributed by atoms with Gasteiger partial charge in [0.05, 0.1) is 0 Å². The molecule has 2 fully saturated rings. The van der Waals surface area contributed by atoms with E-state index in [1.165, 1.54) is 68.1 Å². The van der Waals surface area contributed by atoms with Crippen LogP contribution in [0.1, 0.15) is 62.5 Å². The largest absolute Gasteiger partial charge is 0.0762 e. The molecule has 0 amide bonds. The fourth-order valence-corrected chi connectivity index (χ4v) is 8.15.